The van der Waals surface area contributed by atoms with E-state index in [4.69, 9.17) is 23.3 Å². The molecule has 0 saturated carbocycles. The van der Waals surface area contributed by atoms with Gasteiger partial charge in [-0.3, -0.25) is 23.4 Å². The predicted molar refractivity (Wildman–Crippen MR) is 334 cm³/mol. The molecule has 0 aliphatic heterocycles. The molecule has 2 N–H and O–H groups in total. The highest BCUT2D eigenvalue weighted by atomic mass is 31.2. The van der Waals surface area contributed by atoms with E-state index in [0.717, 1.165) is 103 Å². The zero-order valence-corrected chi connectivity index (χ0v) is 51.9. The zero-order valence-electron chi connectivity index (χ0n) is 51.0. The molecule has 0 rings (SSSR count). The van der Waals surface area contributed by atoms with E-state index in [1.807, 2.05) is 0 Å². The van der Waals surface area contributed by atoms with Crippen molar-refractivity contribution in [3.63, 3.8) is 0 Å². The third-order valence-corrected chi connectivity index (χ3v) is 14.4. The molecule has 0 spiro atoms. The molecule has 0 bridgehead atoms. The number of unbranched alkanes of at least 4 members (excludes halogenated alkanes) is 26. The maximum atomic E-state index is 13.0. The van der Waals surface area contributed by atoms with Crippen LogP contribution >= 0.6 is 7.82 Å². The van der Waals surface area contributed by atoms with Crippen molar-refractivity contribution >= 4 is 25.7 Å². The molecule has 0 aromatic rings. The van der Waals surface area contributed by atoms with Crippen molar-refractivity contribution in [2.75, 3.05) is 26.4 Å². The van der Waals surface area contributed by atoms with Gasteiger partial charge < -0.3 is 24.2 Å². The van der Waals surface area contributed by atoms with Crippen LogP contribution in [0.15, 0.2) is 97.2 Å². The van der Waals surface area contributed by atoms with Gasteiger partial charge in [0.25, 0.3) is 0 Å². The number of hydrogen-bond donors (Lipinski definition) is 2. The molecule has 0 aliphatic rings. The van der Waals surface area contributed by atoms with Gasteiger partial charge >= 0.3 is 25.7 Å². The highest BCUT2D eigenvalue weighted by molar-refractivity contribution is 7.47. The Morgan fingerprint density at radius 2 is 0.650 bits per heavy atom. The molecule has 0 heterocycles. The predicted octanol–water partition coefficient (Wildman–Crippen LogP) is 19.6. The summed E-state index contributed by atoms with van der Waals surface area (Å²) in [6.07, 6.45) is 73.6. The fourth-order valence-electron chi connectivity index (χ4n) is 8.58. The number of rotatable bonds is 59. The van der Waals surface area contributed by atoms with E-state index in [1.54, 1.807) is 0 Å². The lowest BCUT2D eigenvalue weighted by molar-refractivity contribution is -0.161. The highest BCUT2D eigenvalue weighted by Gasteiger charge is 2.28. The molecule has 80 heavy (non-hydrogen) atoms. The van der Waals surface area contributed by atoms with Crippen LogP contribution in [0.3, 0.4) is 0 Å². The lowest BCUT2D eigenvalue weighted by atomic mass is 10.1. The van der Waals surface area contributed by atoms with Gasteiger partial charge in [0.05, 0.1) is 19.8 Å². The van der Waals surface area contributed by atoms with Crippen LogP contribution in [0, 0.1) is 0 Å². The normalized spacial score (nSPS) is 13.9. The van der Waals surface area contributed by atoms with Crippen LogP contribution < -0.4 is 0 Å². The summed E-state index contributed by atoms with van der Waals surface area (Å²) in [5.74, 6) is -1.52. The molecule has 0 aliphatic carbocycles. The largest absolute Gasteiger partial charge is 0.472 e. The Bertz CT molecular complexity index is 1710. The van der Waals surface area contributed by atoms with Gasteiger partial charge in [0.15, 0.2) is 6.10 Å². The van der Waals surface area contributed by atoms with Crippen LogP contribution in [-0.4, -0.2) is 66.5 Å². The van der Waals surface area contributed by atoms with Gasteiger partial charge in [0, 0.05) is 19.3 Å². The number of carbonyl (C=O) groups is 3. The summed E-state index contributed by atoms with van der Waals surface area (Å²) in [6, 6.07) is 0. The fraction of sp³-hybridized carbons (Fsp3) is 0.721. The first-order valence-corrected chi connectivity index (χ1v) is 33.6. The minimum atomic E-state index is -4.77. The van der Waals surface area contributed by atoms with Crippen LogP contribution in [0.25, 0.3) is 0 Å². The molecule has 0 fully saturated rings. The third-order valence-electron chi connectivity index (χ3n) is 13.5. The Morgan fingerprint density at radius 3 is 1.02 bits per heavy atom. The molecule has 460 valence electrons. The number of aliphatic hydroxyl groups is 1. The SMILES string of the molecule is CC/C=C\C/C=C\C/C=C\C/C=C\CCCCC(=O)OCC(COP(=O)(O)OCC(CO)OC(=O)CCCCCCCCCCC/C=C\C/C=C\CCCCC)OC(=O)CCCCCCCCCCC/C=C\C/C=C\CCCCC. The number of esters is 3. The van der Waals surface area contributed by atoms with Crippen LogP contribution in [0.5, 0.6) is 0 Å². The van der Waals surface area contributed by atoms with Crippen molar-refractivity contribution in [1.29, 1.82) is 0 Å². The molecule has 0 radical (unpaired) electrons. The first-order chi connectivity index (χ1) is 39.2. The molecule has 0 aromatic heterocycles. The van der Waals surface area contributed by atoms with E-state index in [2.05, 4.69) is 118 Å². The van der Waals surface area contributed by atoms with Gasteiger partial charge in [-0.15, -0.1) is 0 Å². The number of aliphatic hydroxyl groups excluding tert-OH is 1. The molecular weight excluding hydrogens is 1020 g/mol. The van der Waals surface area contributed by atoms with Gasteiger partial charge in [-0.25, -0.2) is 4.57 Å². The number of phosphoric acid groups is 1. The lowest BCUT2D eigenvalue weighted by Gasteiger charge is -2.21. The number of hydrogen-bond acceptors (Lipinski definition) is 10. The zero-order chi connectivity index (χ0) is 58.3. The standard InChI is InChI=1S/C68H117O11P/c1-4-7-10-13-16-19-22-25-28-30-32-34-37-40-43-46-49-52-55-58-67(71)78-64(60-69)62-76-80(73,74)77-63-65(61-75-66(70)57-54-51-48-45-42-39-36-27-24-21-18-15-12-9-6-3)79-68(72)59-56-53-50-47-44-41-38-35-33-31-29-26-23-20-17-14-11-8-5-2/h9,12,16-21,25-29,36,42,45,64-65,69H,4-8,10-11,13-15,22-24,30-35,37-41,43-44,46-63H2,1-3H3,(H,73,74)/b12-9-,19-16-,20-17-,21-18-,28-25-,29-26-,36-27-,45-42-. The third kappa shape index (κ3) is 59.0. The van der Waals surface area contributed by atoms with E-state index in [-0.39, 0.29) is 25.9 Å². The fourth-order valence-corrected chi connectivity index (χ4v) is 9.37. The Hall–Kier alpha value is -3.60. The van der Waals surface area contributed by atoms with Gasteiger partial charge in [-0.1, -0.05) is 234 Å². The van der Waals surface area contributed by atoms with Crippen molar-refractivity contribution in [3.05, 3.63) is 97.2 Å². The number of phosphoric ester groups is 1. The Morgan fingerprint density at radius 1 is 0.362 bits per heavy atom. The second kappa shape index (κ2) is 61.5. The first kappa shape index (κ1) is 76.4. The molecule has 3 atom stereocenters. The van der Waals surface area contributed by atoms with Gasteiger partial charge in [0.1, 0.15) is 12.7 Å². The summed E-state index contributed by atoms with van der Waals surface area (Å²) >= 11 is 0. The smallest absolute Gasteiger partial charge is 0.462 e. The maximum absolute atomic E-state index is 13.0. The van der Waals surface area contributed by atoms with Crippen LogP contribution in [0.4, 0.5) is 0 Å². The van der Waals surface area contributed by atoms with Crippen molar-refractivity contribution in [1.82, 2.24) is 0 Å². The minimum absolute atomic E-state index is 0.150. The highest BCUT2D eigenvalue weighted by Crippen LogP contribution is 2.43. The molecule has 0 saturated heterocycles. The summed E-state index contributed by atoms with van der Waals surface area (Å²) in [6.45, 7) is 4.45. The average Bonchev–Trinajstić information content (AvgIpc) is 3.45. The minimum Gasteiger partial charge on any atom is -0.462 e. The van der Waals surface area contributed by atoms with Crippen molar-refractivity contribution in [2.24, 2.45) is 0 Å². The summed E-state index contributed by atoms with van der Waals surface area (Å²) in [4.78, 5) is 48.7. The average molecular weight is 1140 g/mol. The topological polar surface area (TPSA) is 155 Å². The molecule has 11 nitrogen and oxygen atoms in total. The molecule has 12 heteroatoms. The lowest BCUT2D eigenvalue weighted by Crippen LogP contribution is -2.30. The number of ether oxygens (including phenoxy) is 3. The van der Waals surface area contributed by atoms with Gasteiger partial charge in [0.2, 0.25) is 0 Å². The molecular formula is C68H117O11P. The van der Waals surface area contributed by atoms with Crippen molar-refractivity contribution in [2.45, 2.75) is 290 Å². The van der Waals surface area contributed by atoms with Crippen molar-refractivity contribution < 1.29 is 52.2 Å². The monoisotopic (exact) mass is 1140 g/mol. The first-order valence-electron chi connectivity index (χ1n) is 32.1. The van der Waals surface area contributed by atoms with E-state index >= 15 is 0 Å². The molecule has 0 amide bonds. The van der Waals surface area contributed by atoms with Crippen molar-refractivity contribution in [3.8, 4) is 0 Å². The second-order valence-electron chi connectivity index (χ2n) is 21.2. The summed E-state index contributed by atoms with van der Waals surface area (Å²) in [5, 5.41) is 9.86. The van der Waals surface area contributed by atoms with E-state index in [0.29, 0.717) is 19.3 Å². The maximum Gasteiger partial charge on any atom is 0.472 e. The summed E-state index contributed by atoms with van der Waals surface area (Å²) in [5.41, 5.74) is 0. The van der Waals surface area contributed by atoms with Crippen LogP contribution in [0.2, 0.25) is 0 Å². The Kier molecular flexibility index (Phi) is 58.7. The Labute approximate surface area is 489 Å². The van der Waals surface area contributed by atoms with Crippen LogP contribution in [-0.2, 0) is 42.2 Å². The Balaban J connectivity index is 4.72. The summed E-state index contributed by atoms with van der Waals surface area (Å²) in [7, 11) is -4.77. The van der Waals surface area contributed by atoms with E-state index in [1.165, 1.54) is 116 Å². The quantitative estimate of drug-likeness (QED) is 0.0197. The molecule has 3 unspecified atom stereocenters. The molecule has 0 aromatic carbocycles. The van der Waals surface area contributed by atoms with Gasteiger partial charge in [-0.2, -0.15) is 0 Å². The second-order valence-corrected chi connectivity index (χ2v) is 22.6. The van der Waals surface area contributed by atoms with E-state index in [9.17, 15) is 28.9 Å². The summed E-state index contributed by atoms with van der Waals surface area (Å²) < 4.78 is 39.6. The van der Waals surface area contributed by atoms with Crippen LogP contribution in [0.1, 0.15) is 278 Å². The van der Waals surface area contributed by atoms with Gasteiger partial charge in [-0.05, 0) is 122 Å². The number of carbonyl (C=O) groups excluding carboxylic acids is 3. The van der Waals surface area contributed by atoms with E-state index < -0.39 is 57.8 Å². The number of allylic oxidation sites excluding steroid dienone is 16.